The van der Waals surface area contributed by atoms with Crippen molar-refractivity contribution >= 4 is 16.7 Å². The Morgan fingerprint density at radius 3 is 2.79 bits per heavy atom. The average molecular weight is 309 g/mol. The minimum Gasteiger partial charge on any atom is -0.506 e. The van der Waals surface area contributed by atoms with E-state index in [0.29, 0.717) is 17.5 Å². The van der Waals surface area contributed by atoms with E-state index >= 15 is 0 Å². The maximum atomic E-state index is 12.1. The molecule has 2 rings (SSSR count). The quantitative estimate of drug-likeness (QED) is 0.520. The van der Waals surface area contributed by atoms with Gasteiger partial charge in [-0.25, -0.2) is 0 Å². The molecule has 4 heteroatoms. The van der Waals surface area contributed by atoms with Gasteiger partial charge in [-0.3, -0.25) is 9.78 Å². The molecule has 1 aromatic heterocycles. The number of pyridine rings is 1. The van der Waals surface area contributed by atoms with E-state index in [4.69, 9.17) is 0 Å². The van der Waals surface area contributed by atoms with E-state index in [1.165, 1.54) is 0 Å². The monoisotopic (exact) mass is 307 g/mol. The minimum atomic E-state index is 0. The molecule has 0 radical (unpaired) electrons. The Morgan fingerprint density at radius 1 is 1.26 bits per heavy atom. The fourth-order valence-electron chi connectivity index (χ4n) is 2.07. The topological polar surface area (TPSA) is 50.2 Å². The molecule has 2 aromatic rings. The van der Waals surface area contributed by atoms with E-state index < -0.39 is 0 Å². The van der Waals surface area contributed by atoms with Crippen LogP contribution in [-0.4, -0.2) is 15.9 Å². The van der Waals surface area contributed by atoms with Crippen molar-refractivity contribution in [2.24, 2.45) is 0 Å². The van der Waals surface area contributed by atoms with E-state index in [0.717, 1.165) is 24.6 Å². The molecule has 0 spiro atoms. The van der Waals surface area contributed by atoms with Crippen LogP contribution in [0.15, 0.2) is 30.5 Å². The molecule has 0 saturated heterocycles. The number of aromatic hydroxyl groups is 1. The number of carbonyl (C=O) groups is 1. The van der Waals surface area contributed by atoms with E-state index in [-0.39, 0.29) is 31.0 Å². The van der Waals surface area contributed by atoms with Crippen LogP contribution in [0.2, 0.25) is 0 Å². The largest absolute Gasteiger partial charge is 0.506 e. The number of benzene rings is 1. The Kier molecular flexibility index (Phi) is 6.10. The first-order valence-corrected chi connectivity index (χ1v) is 6.34. The van der Waals surface area contributed by atoms with Crippen molar-refractivity contribution in [1.82, 2.24) is 4.98 Å². The Morgan fingerprint density at radius 2 is 2.05 bits per heavy atom. The number of ketones is 1. The molecule has 0 fully saturated rings. The van der Waals surface area contributed by atoms with Crippen molar-refractivity contribution < 1.29 is 29.4 Å². The van der Waals surface area contributed by atoms with Crippen molar-refractivity contribution in [3.05, 3.63) is 36.0 Å². The molecule has 1 heterocycles. The molecule has 0 unspecified atom stereocenters. The van der Waals surface area contributed by atoms with Crippen LogP contribution in [0.4, 0.5) is 0 Å². The molecule has 1 N–H and O–H groups in total. The number of Topliss-reactive ketones (excluding diaryl/α,β-unsaturated/α-hetero) is 1. The number of unbranched alkanes of at least 4 members (excludes halogenated alkanes) is 2. The van der Waals surface area contributed by atoms with Crippen LogP contribution in [0.3, 0.4) is 0 Å². The van der Waals surface area contributed by atoms with Crippen LogP contribution in [0.1, 0.15) is 43.0 Å². The van der Waals surface area contributed by atoms with Gasteiger partial charge in [0.1, 0.15) is 11.3 Å². The molecule has 3 nitrogen and oxygen atoms in total. The maximum Gasteiger partial charge on any atom is 0.163 e. The number of nitrogens with zero attached hydrogens (tertiary/aromatic N) is 1. The second kappa shape index (κ2) is 7.35. The van der Waals surface area contributed by atoms with Gasteiger partial charge in [0.25, 0.3) is 0 Å². The SMILES string of the molecule is CCCCCC(=O)c1ccc(O)c2ncccc12.[Zn]. The third-order valence-corrected chi connectivity index (χ3v) is 3.06. The van der Waals surface area contributed by atoms with E-state index in [1.54, 1.807) is 24.4 Å². The molecule has 0 aliphatic carbocycles. The van der Waals surface area contributed by atoms with Gasteiger partial charge in [-0.15, -0.1) is 0 Å². The molecular formula is C15H17NO2Zn. The van der Waals surface area contributed by atoms with Gasteiger partial charge >= 0.3 is 0 Å². The fraction of sp³-hybridized carbons (Fsp3) is 0.333. The van der Waals surface area contributed by atoms with Crippen molar-refractivity contribution in [2.75, 3.05) is 0 Å². The Bertz CT molecular complexity index is 569. The molecule has 0 atom stereocenters. The molecule has 96 valence electrons. The summed E-state index contributed by atoms with van der Waals surface area (Å²) in [6, 6.07) is 6.84. The normalized spacial score (nSPS) is 10.2. The van der Waals surface area contributed by atoms with Crippen LogP contribution in [-0.2, 0) is 19.5 Å². The summed E-state index contributed by atoms with van der Waals surface area (Å²) < 4.78 is 0. The summed E-state index contributed by atoms with van der Waals surface area (Å²) in [7, 11) is 0. The first-order valence-electron chi connectivity index (χ1n) is 6.34. The molecule has 0 aliphatic heterocycles. The number of fused-ring (bicyclic) bond motifs is 1. The summed E-state index contributed by atoms with van der Waals surface area (Å²) in [4.78, 5) is 16.3. The van der Waals surface area contributed by atoms with Gasteiger partial charge in [-0.2, -0.15) is 0 Å². The number of phenols is 1. The Labute approximate surface area is 125 Å². The first-order chi connectivity index (χ1) is 8.74. The molecule has 0 saturated carbocycles. The van der Waals surface area contributed by atoms with Crippen molar-refractivity contribution in [1.29, 1.82) is 0 Å². The second-order valence-corrected chi connectivity index (χ2v) is 4.41. The minimum absolute atomic E-state index is 0. The molecule has 1 aromatic carbocycles. The van der Waals surface area contributed by atoms with Crippen LogP contribution in [0, 0.1) is 0 Å². The van der Waals surface area contributed by atoms with Crippen LogP contribution >= 0.6 is 0 Å². The molecular weight excluding hydrogens is 292 g/mol. The summed E-state index contributed by atoms with van der Waals surface area (Å²) in [5, 5.41) is 10.5. The zero-order chi connectivity index (χ0) is 13.0. The number of phenolic OH excluding ortho intramolecular Hbond substituents is 1. The summed E-state index contributed by atoms with van der Waals surface area (Å²) in [5.74, 6) is 0.247. The zero-order valence-electron chi connectivity index (χ0n) is 11.2. The van der Waals surface area contributed by atoms with Gasteiger partial charge < -0.3 is 5.11 Å². The number of carbonyl (C=O) groups excluding carboxylic acids is 1. The van der Waals surface area contributed by atoms with Gasteiger partial charge in [-0.05, 0) is 24.6 Å². The van der Waals surface area contributed by atoms with Gasteiger partial charge in [0.05, 0.1) is 0 Å². The predicted octanol–water partition coefficient (Wildman–Crippen LogP) is 3.70. The molecule has 0 aliphatic rings. The third-order valence-electron chi connectivity index (χ3n) is 3.06. The van der Waals surface area contributed by atoms with Gasteiger partial charge in [0.2, 0.25) is 0 Å². The smallest absolute Gasteiger partial charge is 0.163 e. The summed E-state index contributed by atoms with van der Waals surface area (Å²) >= 11 is 0. The summed E-state index contributed by atoms with van der Waals surface area (Å²) in [6.07, 6.45) is 5.26. The first kappa shape index (κ1) is 15.8. The Hall–Kier alpha value is -1.28. The van der Waals surface area contributed by atoms with E-state index in [2.05, 4.69) is 11.9 Å². The average Bonchev–Trinajstić information content (AvgIpc) is 2.39. The summed E-state index contributed by atoms with van der Waals surface area (Å²) in [5.41, 5.74) is 1.16. The standard InChI is InChI=1S/C15H17NO2.Zn/c1-2-3-4-7-13(17)11-8-9-14(18)15-12(11)6-5-10-16-15;/h5-6,8-10,18H,2-4,7H2,1H3;. The molecule has 0 amide bonds. The second-order valence-electron chi connectivity index (χ2n) is 4.41. The fourth-order valence-corrected chi connectivity index (χ4v) is 2.07. The maximum absolute atomic E-state index is 12.1. The van der Waals surface area contributed by atoms with E-state index in [1.807, 2.05) is 6.07 Å². The van der Waals surface area contributed by atoms with Gasteiger partial charge in [0.15, 0.2) is 5.78 Å². The Balaban J connectivity index is 0.00000180. The van der Waals surface area contributed by atoms with Crippen LogP contribution < -0.4 is 0 Å². The van der Waals surface area contributed by atoms with Crippen LogP contribution in [0.5, 0.6) is 5.75 Å². The number of hydrogen-bond donors (Lipinski definition) is 1. The van der Waals surface area contributed by atoms with Gasteiger partial charge in [-0.1, -0.05) is 25.8 Å². The van der Waals surface area contributed by atoms with Crippen molar-refractivity contribution in [3.63, 3.8) is 0 Å². The predicted molar refractivity (Wildman–Crippen MR) is 71.9 cm³/mol. The summed E-state index contributed by atoms with van der Waals surface area (Å²) in [6.45, 7) is 2.12. The molecule has 0 bridgehead atoms. The zero-order valence-corrected chi connectivity index (χ0v) is 14.2. The number of hydrogen-bond acceptors (Lipinski definition) is 3. The number of aromatic nitrogens is 1. The van der Waals surface area contributed by atoms with Crippen molar-refractivity contribution in [2.45, 2.75) is 32.6 Å². The third kappa shape index (κ3) is 3.60. The van der Waals surface area contributed by atoms with Gasteiger partial charge in [0, 0.05) is 43.0 Å². The van der Waals surface area contributed by atoms with Crippen molar-refractivity contribution in [3.8, 4) is 5.75 Å². The number of rotatable bonds is 5. The molecule has 19 heavy (non-hydrogen) atoms. The van der Waals surface area contributed by atoms with E-state index in [9.17, 15) is 9.90 Å². The van der Waals surface area contributed by atoms with Crippen LogP contribution in [0.25, 0.3) is 10.9 Å².